The fraction of sp³-hybridized carbons (Fsp3) is 0.222. The maximum absolute atomic E-state index is 11.6. The number of oxime groups is 1. The highest BCUT2D eigenvalue weighted by Gasteiger charge is 2.16. The van der Waals surface area contributed by atoms with Crippen LogP contribution in [0.5, 0.6) is 5.75 Å². The minimum atomic E-state index is -0.354. The zero-order valence-electron chi connectivity index (χ0n) is 13.7. The van der Waals surface area contributed by atoms with E-state index in [9.17, 15) is 4.79 Å². The van der Waals surface area contributed by atoms with E-state index in [2.05, 4.69) is 5.16 Å². The number of nitrogens with zero attached hydrogens (tertiary/aromatic N) is 1. The zero-order valence-corrected chi connectivity index (χ0v) is 14.5. The minimum Gasteiger partial charge on any atom is -0.469 e. The predicted octanol–water partition coefficient (Wildman–Crippen LogP) is 3.75. The maximum Gasteiger partial charge on any atom is 0.310 e. The fourth-order valence-electron chi connectivity index (χ4n) is 2.11. The first kappa shape index (κ1) is 17.8. The van der Waals surface area contributed by atoms with Crippen LogP contribution in [0.25, 0.3) is 0 Å². The van der Waals surface area contributed by atoms with Crippen molar-refractivity contribution in [2.75, 3.05) is 14.2 Å². The van der Waals surface area contributed by atoms with Crippen molar-refractivity contribution in [2.45, 2.75) is 13.3 Å². The Kier molecular flexibility index (Phi) is 6.21. The zero-order chi connectivity index (χ0) is 17.5. The Hall–Kier alpha value is -2.53. The lowest BCUT2D eigenvalue weighted by Gasteiger charge is -2.13. The van der Waals surface area contributed by atoms with Gasteiger partial charge in [-0.05, 0) is 41.4 Å². The Balaban J connectivity index is 2.40. The third-order valence-corrected chi connectivity index (χ3v) is 3.59. The van der Waals surface area contributed by atoms with Crippen LogP contribution in [0.15, 0.2) is 47.6 Å². The van der Waals surface area contributed by atoms with E-state index in [1.54, 1.807) is 24.3 Å². The molecule has 0 saturated carbocycles. The van der Waals surface area contributed by atoms with Gasteiger partial charge in [0.1, 0.15) is 12.9 Å². The third kappa shape index (κ3) is 4.49. The second kappa shape index (κ2) is 8.36. The molecule has 0 aliphatic rings. The Morgan fingerprint density at radius 2 is 1.92 bits per heavy atom. The average Bonchev–Trinajstić information content (AvgIpc) is 2.58. The molecule has 0 aromatic heterocycles. The highest BCUT2D eigenvalue weighted by atomic mass is 35.5. The number of ether oxygens (including phenoxy) is 2. The minimum absolute atomic E-state index is 0.0975. The topological polar surface area (TPSA) is 57.1 Å². The van der Waals surface area contributed by atoms with Crippen LogP contribution in [0, 0.1) is 6.92 Å². The van der Waals surface area contributed by atoms with Crippen molar-refractivity contribution < 1.29 is 19.1 Å². The first-order valence-corrected chi connectivity index (χ1v) is 7.63. The van der Waals surface area contributed by atoms with Gasteiger partial charge in [0.15, 0.2) is 0 Å². The van der Waals surface area contributed by atoms with Gasteiger partial charge in [0.2, 0.25) is 0 Å². The van der Waals surface area contributed by atoms with Gasteiger partial charge in [0, 0.05) is 5.56 Å². The summed E-state index contributed by atoms with van der Waals surface area (Å²) in [6.07, 6.45) is 0.0975. The molecule has 0 aliphatic carbocycles. The van der Waals surface area contributed by atoms with E-state index < -0.39 is 0 Å². The summed E-state index contributed by atoms with van der Waals surface area (Å²) < 4.78 is 10.6. The van der Waals surface area contributed by atoms with Crippen molar-refractivity contribution >= 4 is 23.5 Å². The molecule has 0 atom stereocenters. The van der Waals surface area contributed by atoms with Gasteiger partial charge >= 0.3 is 5.97 Å². The van der Waals surface area contributed by atoms with E-state index in [1.165, 1.54) is 14.2 Å². The van der Waals surface area contributed by atoms with Gasteiger partial charge in [-0.25, -0.2) is 0 Å². The molecule has 0 fully saturated rings. The summed E-state index contributed by atoms with van der Waals surface area (Å²) in [5, 5.41) is 4.39. The maximum atomic E-state index is 11.6. The molecular formula is C18H18ClNO4. The van der Waals surface area contributed by atoms with E-state index in [1.807, 2.05) is 25.1 Å². The van der Waals surface area contributed by atoms with Crippen LogP contribution in [-0.4, -0.2) is 26.1 Å². The Labute approximate surface area is 145 Å². The number of rotatable bonds is 5. The molecule has 24 heavy (non-hydrogen) atoms. The van der Waals surface area contributed by atoms with Crippen molar-refractivity contribution in [2.24, 2.45) is 5.16 Å². The van der Waals surface area contributed by atoms with Gasteiger partial charge in [-0.1, -0.05) is 35.9 Å². The second-order valence-electron chi connectivity index (χ2n) is 5.03. The lowest BCUT2D eigenvalue weighted by atomic mass is 10.0. The molecular weight excluding hydrogens is 330 g/mol. The molecule has 2 aromatic carbocycles. The summed E-state index contributed by atoms with van der Waals surface area (Å²) in [6, 6.07) is 12.7. The summed E-state index contributed by atoms with van der Waals surface area (Å²) in [4.78, 5) is 16.5. The molecule has 0 bridgehead atoms. The number of benzene rings is 2. The molecule has 0 N–H and O–H groups in total. The first-order chi connectivity index (χ1) is 11.5. The summed E-state index contributed by atoms with van der Waals surface area (Å²) in [5.74, 6) is 0.317. The first-order valence-electron chi connectivity index (χ1n) is 7.25. The Bertz CT molecular complexity index is 758. The molecule has 126 valence electrons. The normalized spacial score (nSPS) is 11.1. The summed E-state index contributed by atoms with van der Waals surface area (Å²) in [7, 11) is 2.77. The van der Waals surface area contributed by atoms with Crippen LogP contribution in [0.3, 0.4) is 0 Å². The van der Waals surface area contributed by atoms with Crippen molar-refractivity contribution in [1.82, 2.24) is 0 Å². The molecule has 0 saturated heterocycles. The van der Waals surface area contributed by atoms with Crippen molar-refractivity contribution in [3.8, 4) is 5.75 Å². The molecule has 0 radical (unpaired) electrons. The molecule has 0 amide bonds. The Morgan fingerprint density at radius 1 is 1.17 bits per heavy atom. The van der Waals surface area contributed by atoms with E-state index in [4.69, 9.17) is 25.9 Å². The lowest BCUT2D eigenvalue weighted by molar-refractivity contribution is -0.139. The van der Waals surface area contributed by atoms with Gasteiger partial charge in [0.25, 0.3) is 5.90 Å². The van der Waals surface area contributed by atoms with Crippen LogP contribution in [0.1, 0.15) is 16.7 Å². The number of halogens is 1. The highest BCUT2D eigenvalue weighted by molar-refractivity contribution is 6.32. The number of hydrogen-bond acceptors (Lipinski definition) is 5. The van der Waals surface area contributed by atoms with Crippen LogP contribution in [-0.2, 0) is 20.8 Å². The van der Waals surface area contributed by atoms with E-state index in [0.717, 1.165) is 5.56 Å². The van der Waals surface area contributed by atoms with Gasteiger partial charge in [-0.2, -0.15) is 0 Å². The molecule has 0 heterocycles. The van der Waals surface area contributed by atoms with Crippen LogP contribution < -0.4 is 4.74 Å². The van der Waals surface area contributed by atoms with Gasteiger partial charge in [0.05, 0.1) is 18.6 Å². The molecule has 2 rings (SSSR count). The molecule has 0 spiro atoms. The Morgan fingerprint density at radius 3 is 2.62 bits per heavy atom. The van der Waals surface area contributed by atoms with Crippen molar-refractivity contribution in [3.05, 3.63) is 64.2 Å². The molecule has 5 nitrogen and oxygen atoms in total. The summed E-state index contributed by atoms with van der Waals surface area (Å²) >= 11 is 6.18. The van der Waals surface area contributed by atoms with Crippen LogP contribution in [0.2, 0.25) is 5.02 Å². The average molecular weight is 348 g/mol. The molecule has 2 aromatic rings. The predicted molar refractivity (Wildman–Crippen MR) is 92.5 cm³/mol. The molecule has 0 aliphatic heterocycles. The number of aryl methyl sites for hydroxylation is 1. The van der Waals surface area contributed by atoms with Crippen LogP contribution in [0.4, 0.5) is 0 Å². The van der Waals surface area contributed by atoms with Crippen molar-refractivity contribution in [3.63, 3.8) is 0 Å². The number of hydrogen-bond donors (Lipinski definition) is 0. The number of carbonyl (C=O) groups excluding carboxylic acids is 1. The van der Waals surface area contributed by atoms with E-state index in [0.29, 0.717) is 21.9 Å². The van der Waals surface area contributed by atoms with Gasteiger partial charge in [-0.3, -0.25) is 4.79 Å². The second-order valence-corrected chi connectivity index (χ2v) is 5.43. The molecule has 6 heteroatoms. The van der Waals surface area contributed by atoms with E-state index >= 15 is 0 Å². The number of carbonyl (C=O) groups is 1. The fourth-order valence-corrected chi connectivity index (χ4v) is 2.27. The van der Waals surface area contributed by atoms with Gasteiger partial charge in [-0.15, -0.1) is 0 Å². The van der Waals surface area contributed by atoms with E-state index in [-0.39, 0.29) is 18.3 Å². The molecule has 0 unspecified atom stereocenters. The lowest BCUT2D eigenvalue weighted by Crippen LogP contribution is -2.16. The third-order valence-electron chi connectivity index (χ3n) is 3.28. The smallest absolute Gasteiger partial charge is 0.310 e. The quantitative estimate of drug-likeness (QED) is 0.358. The standard InChI is InChI=1S/C18H18ClNO4/c1-12-8-9-15(19)16(10-12)24-18(20-23-3)14-7-5-4-6-13(14)11-17(21)22-2/h4-10H,11H2,1-3H3/b20-18-. The SMILES string of the molecule is CO/N=C(\Oc1cc(C)ccc1Cl)c1ccccc1CC(=O)OC. The van der Waals surface area contributed by atoms with Crippen LogP contribution >= 0.6 is 11.6 Å². The van der Waals surface area contributed by atoms with Gasteiger partial charge < -0.3 is 14.3 Å². The monoisotopic (exact) mass is 347 g/mol. The number of esters is 1. The summed E-state index contributed by atoms with van der Waals surface area (Å²) in [5.41, 5.74) is 2.33. The van der Waals surface area contributed by atoms with Crippen molar-refractivity contribution in [1.29, 1.82) is 0 Å². The highest BCUT2D eigenvalue weighted by Crippen LogP contribution is 2.27. The largest absolute Gasteiger partial charge is 0.469 e. The summed E-state index contributed by atoms with van der Waals surface area (Å²) in [6.45, 7) is 1.93. The number of methoxy groups -OCH3 is 1.